The Bertz CT molecular complexity index is 851. The summed E-state index contributed by atoms with van der Waals surface area (Å²) in [6.45, 7) is 3.83. The van der Waals surface area contributed by atoms with Crippen molar-refractivity contribution in [2.45, 2.75) is 32.2 Å². The highest BCUT2D eigenvalue weighted by Gasteiger charge is 2.17. The Morgan fingerprint density at radius 1 is 1.19 bits per heavy atom. The van der Waals surface area contributed by atoms with Crippen LogP contribution in [0.2, 0.25) is 5.02 Å². The summed E-state index contributed by atoms with van der Waals surface area (Å²) >= 11 is 5.89. The summed E-state index contributed by atoms with van der Waals surface area (Å²) in [6, 6.07) is 9.20. The number of hydrogen-bond acceptors (Lipinski definition) is 4. The predicted octanol–water partition coefficient (Wildman–Crippen LogP) is 3.89. The fourth-order valence-electron chi connectivity index (χ4n) is 2.28. The van der Waals surface area contributed by atoms with E-state index in [1.54, 1.807) is 18.2 Å². The third-order valence-corrected chi connectivity index (χ3v) is 5.09. The van der Waals surface area contributed by atoms with E-state index in [1.165, 1.54) is 25.3 Å². The van der Waals surface area contributed by atoms with E-state index >= 15 is 0 Å². The fraction of sp³-hybridized carbons (Fsp3) is 0.333. The third kappa shape index (κ3) is 5.59. The average Bonchev–Trinajstić information content (AvgIpc) is 2.57. The standard InChI is InChI=1S/C18H21ClFNO4S/c1-12(2)25-17-8-7-13(9-18(17)24-3)10-21-26(22,23)11-14-15(19)5-4-6-16(14)20/h4-9,12,21H,10-11H2,1-3H3. The third-order valence-electron chi connectivity index (χ3n) is 3.48. The zero-order valence-corrected chi connectivity index (χ0v) is 16.3. The first-order valence-electron chi connectivity index (χ1n) is 7.95. The van der Waals surface area contributed by atoms with Crippen molar-refractivity contribution >= 4 is 21.6 Å². The van der Waals surface area contributed by atoms with Crippen LogP contribution in [0.3, 0.4) is 0 Å². The molecule has 0 unspecified atom stereocenters. The van der Waals surface area contributed by atoms with Gasteiger partial charge in [0.25, 0.3) is 0 Å². The molecule has 26 heavy (non-hydrogen) atoms. The molecule has 142 valence electrons. The second kappa shape index (κ2) is 8.70. The molecule has 0 atom stereocenters. The molecule has 0 aliphatic rings. The van der Waals surface area contributed by atoms with Gasteiger partial charge >= 0.3 is 0 Å². The number of nitrogens with one attached hydrogen (secondary N) is 1. The van der Waals surface area contributed by atoms with Gasteiger partial charge < -0.3 is 9.47 Å². The van der Waals surface area contributed by atoms with E-state index in [0.717, 1.165) is 0 Å². The molecule has 0 saturated carbocycles. The molecule has 0 aliphatic carbocycles. The second-order valence-corrected chi connectivity index (χ2v) is 8.15. The summed E-state index contributed by atoms with van der Waals surface area (Å²) in [6.07, 6.45) is -0.0150. The van der Waals surface area contributed by atoms with E-state index in [2.05, 4.69) is 4.72 Å². The molecular weight excluding hydrogens is 381 g/mol. The van der Waals surface area contributed by atoms with Crippen LogP contribution in [-0.4, -0.2) is 21.6 Å². The van der Waals surface area contributed by atoms with Gasteiger partial charge in [-0.3, -0.25) is 0 Å². The van der Waals surface area contributed by atoms with Gasteiger partial charge in [-0.1, -0.05) is 23.7 Å². The lowest BCUT2D eigenvalue weighted by atomic mass is 10.2. The molecule has 0 aliphatic heterocycles. The molecule has 0 saturated heterocycles. The van der Waals surface area contributed by atoms with Gasteiger partial charge in [-0.05, 0) is 43.7 Å². The van der Waals surface area contributed by atoms with Gasteiger partial charge in [0.1, 0.15) is 5.82 Å². The first kappa shape index (κ1) is 20.5. The number of hydrogen-bond donors (Lipinski definition) is 1. The molecule has 2 aromatic rings. The Balaban J connectivity index is 2.09. The smallest absolute Gasteiger partial charge is 0.216 e. The number of benzene rings is 2. The van der Waals surface area contributed by atoms with Gasteiger partial charge in [0, 0.05) is 17.1 Å². The SMILES string of the molecule is COc1cc(CNS(=O)(=O)Cc2c(F)cccc2Cl)ccc1OC(C)C. The Kier molecular flexibility index (Phi) is 6.86. The summed E-state index contributed by atoms with van der Waals surface area (Å²) in [7, 11) is -2.26. The minimum absolute atomic E-state index is 0.0150. The lowest BCUT2D eigenvalue weighted by molar-refractivity contribution is 0.230. The number of sulfonamides is 1. The number of halogens is 2. The van der Waals surface area contributed by atoms with Crippen molar-refractivity contribution in [3.63, 3.8) is 0 Å². The summed E-state index contributed by atoms with van der Waals surface area (Å²) in [4.78, 5) is 0. The van der Waals surface area contributed by atoms with Crippen molar-refractivity contribution in [3.8, 4) is 11.5 Å². The molecule has 0 radical (unpaired) electrons. The molecule has 1 N–H and O–H groups in total. The summed E-state index contributed by atoms with van der Waals surface area (Å²) in [5.74, 6) is -0.107. The van der Waals surface area contributed by atoms with Crippen LogP contribution in [0.25, 0.3) is 0 Å². The normalized spacial score (nSPS) is 11.6. The zero-order chi connectivity index (χ0) is 19.3. The minimum atomic E-state index is -3.77. The molecule has 2 aromatic carbocycles. The van der Waals surface area contributed by atoms with Gasteiger partial charge in [-0.15, -0.1) is 0 Å². The van der Waals surface area contributed by atoms with Crippen molar-refractivity contribution < 1.29 is 22.3 Å². The highest BCUT2D eigenvalue weighted by molar-refractivity contribution is 7.88. The van der Waals surface area contributed by atoms with Crippen molar-refractivity contribution in [1.29, 1.82) is 0 Å². The zero-order valence-electron chi connectivity index (χ0n) is 14.8. The Morgan fingerprint density at radius 2 is 1.92 bits per heavy atom. The molecule has 0 fully saturated rings. The van der Waals surface area contributed by atoms with Gasteiger partial charge in [-0.25, -0.2) is 17.5 Å². The van der Waals surface area contributed by atoms with Crippen LogP contribution in [-0.2, 0) is 22.3 Å². The van der Waals surface area contributed by atoms with Crippen LogP contribution in [0.1, 0.15) is 25.0 Å². The molecular formula is C18H21ClFNO4S. The van der Waals surface area contributed by atoms with Crippen molar-refractivity contribution in [1.82, 2.24) is 4.72 Å². The van der Waals surface area contributed by atoms with E-state index < -0.39 is 21.6 Å². The van der Waals surface area contributed by atoms with Crippen molar-refractivity contribution in [3.05, 3.63) is 58.4 Å². The topological polar surface area (TPSA) is 64.6 Å². The van der Waals surface area contributed by atoms with Crippen molar-refractivity contribution in [2.24, 2.45) is 0 Å². The summed E-state index contributed by atoms with van der Waals surface area (Å²) < 4.78 is 51.6. The molecule has 0 bridgehead atoms. The van der Waals surface area contributed by atoms with Crippen LogP contribution < -0.4 is 14.2 Å². The van der Waals surface area contributed by atoms with Crippen LogP contribution >= 0.6 is 11.6 Å². The lowest BCUT2D eigenvalue weighted by Gasteiger charge is -2.15. The number of rotatable bonds is 8. The Hall–Kier alpha value is -1.83. The van der Waals surface area contributed by atoms with E-state index in [-0.39, 0.29) is 23.2 Å². The summed E-state index contributed by atoms with van der Waals surface area (Å²) in [5, 5.41) is 0.0761. The van der Waals surface area contributed by atoms with Gasteiger partial charge in [0.05, 0.1) is 19.0 Å². The largest absolute Gasteiger partial charge is 0.493 e. The minimum Gasteiger partial charge on any atom is -0.493 e. The lowest BCUT2D eigenvalue weighted by Crippen LogP contribution is -2.25. The van der Waals surface area contributed by atoms with Crippen LogP contribution in [0, 0.1) is 5.82 Å². The first-order chi connectivity index (χ1) is 12.2. The maximum Gasteiger partial charge on any atom is 0.216 e. The van der Waals surface area contributed by atoms with Gasteiger partial charge in [0.2, 0.25) is 10.0 Å². The highest BCUT2D eigenvalue weighted by Crippen LogP contribution is 2.29. The predicted molar refractivity (Wildman–Crippen MR) is 99.6 cm³/mol. The van der Waals surface area contributed by atoms with E-state index in [0.29, 0.717) is 17.1 Å². The van der Waals surface area contributed by atoms with E-state index in [4.69, 9.17) is 21.1 Å². The number of ether oxygens (including phenoxy) is 2. The maximum absolute atomic E-state index is 13.8. The second-order valence-electron chi connectivity index (χ2n) is 5.93. The molecule has 0 amide bonds. The fourth-order valence-corrected chi connectivity index (χ4v) is 3.75. The highest BCUT2D eigenvalue weighted by atomic mass is 35.5. The summed E-state index contributed by atoms with van der Waals surface area (Å²) in [5.41, 5.74) is 0.626. The molecule has 2 rings (SSSR count). The number of methoxy groups -OCH3 is 1. The van der Waals surface area contributed by atoms with E-state index in [1.807, 2.05) is 13.8 Å². The van der Waals surface area contributed by atoms with Crippen molar-refractivity contribution in [2.75, 3.05) is 7.11 Å². The van der Waals surface area contributed by atoms with Crippen LogP contribution in [0.4, 0.5) is 4.39 Å². The molecule has 0 aromatic heterocycles. The Morgan fingerprint density at radius 3 is 2.54 bits per heavy atom. The Labute approximate surface area is 158 Å². The molecule has 0 spiro atoms. The monoisotopic (exact) mass is 401 g/mol. The molecule has 5 nitrogen and oxygen atoms in total. The van der Waals surface area contributed by atoms with E-state index in [9.17, 15) is 12.8 Å². The van der Waals surface area contributed by atoms with Crippen LogP contribution in [0.5, 0.6) is 11.5 Å². The van der Waals surface area contributed by atoms with Crippen LogP contribution in [0.15, 0.2) is 36.4 Å². The molecule has 0 heterocycles. The van der Waals surface area contributed by atoms with Gasteiger partial charge in [-0.2, -0.15) is 0 Å². The van der Waals surface area contributed by atoms with Gasteiger partial charge in [0.15, 0.2) is 11.5 Å². The molecule has 8 heteroatoms. The maximum atomic E-state index is 13.8. The first-order valence-corrected chi connectivity index (χ1v) is 9.98. The quantitative estimate of drug-likeness (QED) is 0.728. The average molecular weight is 402 g/mol.